The van der Waals surface area contributed by atoms with E-state index in [1.54, 1.807) is 4.90 Å². The van der Waals surface area contributed by atoms with Crippen LogP contribution in [0.4, 0.5) is 4.79 Å². The zero-order valence-electron chi connectivity index (χ0n) is 10.7. The van der Waals surface area contributed by atoms with Crippen molar-refractivity contribution >= 4 is 6.09 Å². The number of hydrogen-bond acceptors (Lipinski definition) is 3. The fraction of sp³-hybridized carbons (Fsp3) is 0.917. The van der Waals surface area contributed by atoms with Crippen molar-refractivity contribution < 1.29 is 9.53 Å². The first-order valence-electron chi connectivity index (χ1n) is 6.13. The fourth-order valence-corrected chi connectivity index (χ4v) is 2.28. The topological polar surface area (TPSA) is 55.6 Å². The van der Waals surface area contributed by atoms with E-state index in [0.29, 0.717) is 12.5 Å². The van der Waals surface area contributed by atoms with Crippen molar-refractivity contribution in [2.24, 2.45) is 11.7 Å². The number of hydrogen-bond donors (Lipinski definition) is 1. The molecule has 4 nitrogen and oxygen atoms in total. The van der Waals surface area contributed by atoms with Crippen molar-refractivity contribution in [2.45, 2.75) is 45.6 Å². The number of nitrogens with two attached hydrogens (primary N) is 1. The maximum absolute atomic E-state index is 11.5. The summed E-state index contributed by atoms with van der Waals surface area (Å²) in [6.07, 6.45) is 2.94. The zero-order valence-corrected chi connectivity index (χ0v) is 10.7. The van der Waals surface area contributed by atoms with Crippen LogP contribution in [0.3, 0.4) is 0 Å². The Morgan fingerprint density at radius 2 is 2.00 bits per heavy atom. The lowest BCUT2D eigenvalue weighted by Gasteiger charge is -2.34. The Labute approximate surface area is 98.1 Å². The highest BCUT2D eigenvalue weighted by Gasteiger charge is 2.26. The number of nitrogens with zero attached hydrogens (tertiary/aromatic N) is 1. The first kappa shape index (κ1) is 13.3. The van der Waals surface area contributed by atoms with Gasteiger partial charge in [0.05, 0.1) is 6.61 Å². The second kappa shape index (κ2) is 5.53. The van der Waals surface area contributed by atoms with E-state index in [1.807, 2.05) is 6.92 Å². The van der Waals surface area contributed by atoms with Crippen LogP contribution < -0.4 is 5.73 Å². The molecule has 0 saturated carbocycles. The minimum atomic E-state index is -0.173. The van der Waals surface area contributed by atoms with Crippen molar-refractivity contribution in [3.8, 4) is 0 Å². The second-order valence-electron chi connectivity index (χ2n) is 5.32. The van der Waals surface area contributed by atoms with Crippen LogP contribution in [0, 0.1) is 5.92 Å². The standard InChI is InChI=1S/C12H24N2O2/c1-4-16-11(15)14-7-5-10(6-8-14)9-12(2,3)13/h10H,4-9,13H2,1-3H3. The van der Waals surface area contributed by atoms with Crippen LogP contribution in [0.15, 0.2) is 0 Å². The van der Waals surface area contributed by atoms with Gasteiger partial charge in [-0.2, -0.15) is 0 Å². The Hall–Kier alpha value is -0.770. The number of carbonyl (C=O) groups is 1. The first-order chi connectivity index (χ1) is 7.42. The molecule has 1 saturated heterocycles. The van der Waals surface area contributed by atoms with Crippen molar-refractivity contribution in [3.05, 3.63) is 0 Å². The van der Waals surface area contributed by atoms with Gasteiger partial charge in [-0.1, -0.05) is 0 Å². The summed E-state index contributed by atoms with van der Waals surface area (Å²) in [5.41, 5.74) is 5.90. The summed E-state index contributed by atoms with van der Waals surface area (Å²) in [5.74, 6) is 0.644. The van der Waals surface area contributed by atoms with Crippen molar-refractivity contribution in [1.82, 2.24) is 4.90 Å². The van der Waals surface area contributed by atoms with Gasteiger partial charge in [0.15, 0.2) is 0 Å². The van der Waals surface area contributed by atoms with E-state index in [9.17, 15) is 4.79 Å². The molecule has 0 aliphatic carbocycles. The van der Waals surface area contributed by atoms with Gasteiger partial charge in [-0.25, -0.2) is 4.79 Å². The van der Waals surface area contributed by atoms with Crippen molar-refractivity contribution in [3.63, 3.8) is 0 Å². The van der Waals surface area contributed by atoms with Crippen LogP contribution >= 0.6 is 0 Å². The van der Waals surface area contributed by atoms with E-state index in [4.69, 9.17) is 10.5 Å². The molecule has 16 heavy (non-hydrogen) atoms. The molecule has 2 N–H and O–H groups in total. The minimum Gasteiger partial charge on any atom is -0.450 e. The molecular formula is C12H24N2O2. The highest BCUT2D eigenvalue weighted by molar-refractivity contribution is 5.67. The van der Waals surface area contributed by atoms with Crippen LogP contribution in [0.2, 0.25) is 0 Å². The SMILES string of the molecule is CCOC(=O)N1CCC(CC(C)(C)N)CC1. The lowest BCUT2D eigenvalue weighted by molar-refractivity contribution is 0.0888. The van der Waals surface area contributed by atoms with E-state index in [-0.39, 0.29) is 11.6 Å². The lowest BCUT2D eigenvalue weighted by Crippen LogP contribution is -2.42. The summed E-state index contributed by atoms with van der Waals surface area (Å²) >= 11 is 0. The van der Waals surface area contributed by atoms with Crippen LogP contribution in [0.1, 0.15) is 40.0 Å². The van der Waals surface area contributed by atoms with E-state index < -0.39 is 0 Å². The van der Waals surface area contributed by atoms with Gasteiger partial charge in [0.25, 0.3) is 0 Å². The minimum absolute atomic E-state index is 0.100. The summed E-state index contributed by atoms with van der Waals surface area (Å²) < 4.78 is 4.98. The molecule has 0 bridgehead atoms. The van der Waals surface area contributed by atoms with Gasteiger partial charge in [0, 0.05) is 18.6 Å². The zero-order chi connectivity index (χ0) is 12.2. The normalized spacial score (nSPS) is 18.6. The van der Waals surface area contributed by atoms with E-state index in [2.05, 4.69) is 13.8 Å². The molecule has 1 aliphatic heterocycles. The highest BCUT2D eigenvalue weighted by Crippen LogP contribution is 2.25. The van der Waals surface area contributed by atoms with Gasteiger partial charge in [-0.05, 0) is 46.0 Å². The molecule has 0 aromatic carbocycles. The van der Waals surface area contributed by atoms with E-state index in [0.717, 1.165) is 32.4 Å². The summed E-state index contributed by atoms with van der Waals surface area (Å²) in [5, 5.41) is 0. The number of likely N-dealkylation sites (tertiary alicyclic amines) is 1. The third-order valence-electron chi connectivity index (χ3n) is 2.96. The van der Waals surface area contributed by atoms with Gasteiger partial charge in [-0.15, -0.1) is 0 Å². The molecule has 0 unspecified atom stereocenters. The number of carbonyl (C=O) groups excluding carboxylic acids is 1. The molecule has 1 heterocycles. The molecule has 1 aliphatic rings. The molecule has 1 fully saturated rings. The summed E-state index contributed by atoms with van der Waals surface area (Å²) in [6, 6.07) is 0. The van der Waals surface area contributed by atoms with E-state index in [1.165, 1.54) is 0 Å². The monoisotopic (exact) mass is 228 g/mol. The van der Waals surface area contributed by atoms with E-state index >= 15 is 0 Å². The molecule has 4 heteroatoms. The third-order valence-corrected chi connectivity index (χ3v) is 2.96. The largest absolute Gasteiger partial charge is 0.450 e. The Morgan fingerprint density at radius 3 is 2.44 bits per heavy atom. The Morgan fingerprint density at radius 1 is 1.44 bits per heavy atom. The second-order valence-corrected chi connectivity index (χ2v) is 5.32. The molecule has 0 atom stereocenters. The summed E-state index contributed by atoms with van der Waals surface area (Å²) in [7, 11) is 0. The van der Waals surface area contributed by atoms with Gasteiger partial charge >= 0.3 is 6.09 Å². The number of amides is 1. The molecule has 0 radical (unpaired) electrons. The number of rotatable bonds is 3. The van der Waals surface area contributed by atoms with Crippen molar-refractivity contribution in [1.29, 1.82) is 0 Å². The van der Waals surface area contributed by atoms with Gasteiger partial charge in [-0.3, -0.25) is 0 Å². The molecule has 0 aromatic rings. The van der Waals surface area contributed by atoms with Crippen LogP contribution in [0.25, 0.3) is 0 Å². The van der Waals surface area contributed by atoms with Gasteiger partial charge < -0.3 is 15.4 Å². The maximum Gasteiger partial charge on any atom is 0.409 e. The van der Waals surface area contributed by atoms with Crippen LogP contribution in [0.5, 0.6) is 0 Å². The molecule has 1 rings (SSSR count). The van der Waals surface area contributed by atoms with Crippen LogP contribution in [-0.2, 0) is 4.74 Å². The number of ether oxygens (including phenoxy) is 1. The predicted octanol–water partition coefficient (Wildman–Crippen LogP) is 1.98. The average molecular weight is 228 g/mol. The summed E-state index contributed by atoms with van der Waals surface area (Å²) in [4.78, 5) is 13.3. The van der Waals surface area contributed by atoms with Crippen molar-refractivity contribution in [2.75, 3.05) is 19.7 Å². The quantitative estimate of drug-likeness (QED) is 0.803. The third kappa shape index (κ3) is 4.39. The fourth-order valence-electron chi connectivity index (χ4n) is 2.28. The van der Waals surface area contributed by atoms with Gasteiger partial charge in [0.2, 0.25) is 0 Å². The van der Waals surface area contributed by atoms with Crippen LogP contribution in [-0.4, -0.2) is 36.2 Å². The van der Waals surface area contributed by atoms with Gasteiger partial charge in [0.1, 0.15) is 0 Å². The maximum atomic E-state index is 11.5. The lowest BCUT2D eigenvalue weighted by atomic mass is 9.85. The average Bonchev–Trinajstić information content (AvgIpc) is 2.16. The predicted molar refractivity (Wildman–Crippen MR) is 64.2 cm³/mol. The Bertz CT molecular complexity index is 228. The first-order valence-corrected chi connectivity index (χ1v) is 6.13. The molecule has 1 amide bonds. The smallest absolute Gasteiger partial charge is 0.409 e. The molecule has 0 spiro atoms. The summed E-state index contributed by atoms with van der Waals surface area (Å²) in [6.45, 7) is 8.02. The highest BCUT2D eigenvalue weighted by atomic mass is 16.6. The Balaban J connectivity index is 2.31. The molecular weight excluding hydrogens is 204 g/mol. The molecule has 94 valence electrons. The molecule has 0 aromatic heterocycles. The number of piperidine rings is 1. The Kier molecular flexibility index (Phi) is 4.59.